The number of aryl methyl sites for hydroxylation is 1. The molecular weight excluding hydrogens is 254 g/mol. The maximum Gasteiger partial charge on any atom is 0.325 e. The molecule has 1 aromatic heterocycles. The zero-order chi connectivity index (χ0) is 10.9. The second kappa shape index (κ2) is 3.97. The molecule has 0 saturated carbocycles. The minimum Gasteiger partial charge on any atom is -0.480 e. The average Bonchev–Trinajstić information content (AvgIpc) is 2.42. The van der Waals surface area contributed by atoms with Gasteiger partial charge in [0.15, 0.2) is 0 Å². The Bertz CT molecular complexity index is 363. The zero-order valence-corrected chi connectivity index (χ0v) is 9.28. The van der Waals surface area contributed by atoms with Crippen LogP contribution < -0.4 is 10.5 Å². The number of nitrogens with zero attached hydrogens (tertiary/aromatic N) is 2. The van der Waals surface area contributed by atoms with Gasteiger partial charge in [-0.1, -0.05) is 0 Å². The van der Waals surface area contributed by atoms with E-state index in [9.17, 15) is 4.79 Å². The first-order valence-corrected chi connectivity index (χ1v) is 4.53. The first-order chi connectivity index (χ1) is 6.49. The molecule has 1 aromatic rings. The van der Waals surface area contributed by atoms with Crippen LogP contribution in [0.5, 0.6) is 5.88 Å². The van der Waals surface area contributed by atoms with Crippen LogP contribution in [0.25, 0.3) is 0 Å². The number of methoxy groups -OCH3 is 1. The third kappa shape index (κ3) is 1.73. The van der Waals surface area contributed by atoms with E-state index in [-0.39, 0.29) is 5.88 Å². The van der Waals surface area contributed by atoms with E-state index in [4.69, 9.17) is 15.6 Å². The van der Waals surface area contributed by atoms with Crippen molar-refractivity contribution >= 4 is 21.9 Å². The summed E-state index contributed by atoms with van der Waals surface area (Å²) < 4.78 is 6.87. The minimum atomic E-state index is -1.15. The van der Waals surface area contributed by atoms with Gasteiger partial charge in [0.05, 0.1) is 12.7 Å². The minimum absolute atomic E-state index is 0.217. The van der Waals surface area contributed by atoms with Gasteiger partial charge in [-0.2, -0.15) is 0 Å². The van der Waals surface area contributed by atoms with E-state index in [1.165, 1.54) is 11.8 Å². The van der Waals surface area contributed by atoms with Gasteiger partial charge in [0.1, 0.15) is 10.6 Å². The Morgan fingerprint density at radius 1 is 1.79 bits per heavy atom. The zero-order valence-electron chi connectivity index (χ0n) is 7.69. The highest BCUT2D eigenvalue weighted by Gasteiger charge is 2.26. The van der Waals surface area contributed by atoms with E-state index in [0.29, 0.717) is 10.2 Å². The highest BCUT2D eigenvalue weighted by molar-refractivity contribution is 9.10. The lowest BCUT2D eigenvalue weighted by atomic mass is 10.2. The molecule has 0 fully saturated rings. The van der Waals surface area contributed by atoms with Crippen LogP contribution in [0.2, 0.25) is 0 Å². The predicted molar refractivity (Wildman–Crippen MR) is 52.0 cm³/mol. The second-order valence-electron chi connectivity index (χ2n) is 2.65. The third-order valence-electron chi connectivity index (χ3n) is 1.75. The molecule has 1 heterocycles. The number of hydrogen-bond acceptors (Lipinski definition) is 4. The summed E-state index contributed by atoms with van der Waals surface area (Å²) in [4.78, 5) is 10.7. The number of nitrogens with two attached hydrogens (primary N) is 1. The molecule has 0 spiro atoms. The Kier molecular flexibility index (Phi) is 3.12. The molecular formula is C7H10BrN3O3. The molecule has 3 N–H and O–H groups in total. The van der Waals surface area contributed by atoms with E-state index >= 15 is 0 Å². The van der Waals surface area contributed by atoms with Crippen molar-refractivity contribution in [2.45, 2.75) is 6.04 Å². The van der Waals surface area contributed by atoms with Crippen LogP contribution >= 0.6 is 15.9 Å². The van der Waals surface area contributed by atoms with Gasteiger partial charge in [0.2, 0.25) is 5.88 Å². The molecule has 6 nitrogen and oxygen atoms in total. The largest absolute Gasteiger partial charge is 0.480 e. The number of carboxylic acids is 1. The van der Waals surface area contributed by atoms with Gasteiger partial charge in [-0.25, -0.2) is 0 Å². The molecule has 0 aromatic carbocycles. The summed E-state index contributed by atoms with van der Waals surface area (Å²) in [5, 5.41) is 12.7. The summed E-state index contributed by atoms with van der Waals surface area (Å²) in [6, 6.07) is -1.15. The lowest BCUT2D eigenvalue weighted by Gasteiger charge is -2.06. The first-order valence-electron chi connectivity index (χ1n) is 3.73. The summed E-state index contributed by atoms with van der Waals surface area (Å²) in [5.41, 5.74) is 5.80. The normalized spacial score (nSPS) is 12.6. The van der Waals surface area contributed by atoms with E-state index in [1.807, 2.05) is 0 Å². The lowest BCUT2D eigenvalue weighted by molar-refractivity contribution is -0.138. The van der Waals surface area contributed by atoms with Crippen LogP contribution in [-0.2, 0) is 11.8 Å². The topological polar surface area (TPSA) is 90.4 Å². The van der Waals surface area contributed by atoms with Crippen molar-refractivity contribution in [2.75, 3.05) is 7.11 Å². The fraction of sp³-hybridized carbons (Fsp3) is 0.429. The molecule has 7 heteroatoms. The summed E-state index contributed by atoms with van der Waals surface area (Å²) in [6.45, 7) is 0. The Labute approximate surface area is 88.8 Å². The van der Waals surface area contributed by atoms with Gasteiger partial charge in [-0.15, -0.1) is 5.10 Å². The smallest absolute Gasteiger partial charge is 0.325 e. The number of aromatic nitrogens is 2. The average molecular weight is 264 g/mol. The maximum atomic E-state index is 10.7. The number of halogens is 1. The van der Waals surface area contributed by atoms with Crippen molar-refractivity contribution in [3.05, 3.63) is 10.2 Å². The van der Waals surface area contributed by atoms with E-state index < -0.39 is 12.0 Å². The summed E-state index contributed by atoms with van der Waals surface area (Å²) in [5.74, 6) is -0.911. The van der Waals surface area contributed by atoms with Crippen molar-refractivity contribution in [3.8, 4) is 5.88 Å². The predicted octanol–water partition coefficient (Wildman–Crippen LogP) is 0.276. The van der Waals surface area contributed by atoms with Crippen LogP contribution in [0.4, 0.5) is 0 Å². The van der Waals surface area contributed by atoms with Gasteiger partial charge in [-0.05, 0) is 15.9 Å². The van der Waals surface area contributed by atoms with E-state index in [0.717, 1.165) is 0 Å². The molecule has 0 aliphatic heterocycles. The van der Waals surface area contributed by atoms with Gasteiger partial charge in [0, 0.05) is 7.05 Å². The monoisotopic (exact) mass is 263 g/mol. The number of carbonyl (C=O) groups is 1. The van der Waals surface area contributed by atoms with E-state index in [1.54, 1.807) is 7.05 Å². The SMILES string of the molecule is COc1nn(C)c(Br)c1C(N)C(=O)O. The molecule has 0 radical (unpaired) electrons. The second-order valence-corrected chi connectivity index (χ2v) is 3.40. The van der Waals surface area contributed by atoms with E-state index in [2.05, 4.69) is 21.0 Å². The van der Waals surface area contributed by atoms with Gasteiger partial charge >= 0.3 is 5.97 Å². The van der Waals surface area contributed by atoms with Crippen molar-refractivity contribution in [1.29, 1.82) is 0 Å². The molecule has 1 unspecified atom stereocenters. The number of rotatable bonds is 3. The summed E-state index contributed by atoms with van der Waals surface area (Å²) >= 11 is 3.19. The molecule has 14 heavy (non-hydrogen) atoms. The van der Waals surface area contributed by atoms with Crippen LogP contribution in [0.15, 0.2) is 4.60 Å². The van der Waals surface area contributed by atoms with Gasteiger partial charge in [0.25, 0.3) is 0 Å². The molecule has 0 aliphatic carbocycles. The Hall–Kier alpha value is -1.08. The van der Waals surface area contributed by atoms with Crippen molar-refractivity contribution in [3.63, 3.8) is 0 Å². The summed E-state index contributed by atoms with van der Waals surface area (Å²) in [6.07, 6.45) is 0. The number of ether oxygens (including phenoxy) is 1. The van der Waals surface area contributed by atoms with Crippen molar-refractivity contribution < 1.29 is 14.6 Å². The molecule has 1 atom stereocenters. The van der Waals surface area contributed by atoms with Crippen LogP contribution in [-0.4, -0.2) is 28.0 Å². The highest BCUT2D eigenvalue weighted by atomic mass is 79.9. The van der Waals surface area contributed by atoms with Crippen molar-refractivity contribution in [2.24, 2.45) is 12.8 Å². The van der Waals surface area contributed by atoms with Crippen LogP contribution in [0.1, 0.15) is 11.6 Å². The fourth-order valence-corrected chi connectivity index (χ4v) is 1.53. The van der Waals surface area contributed by atoms with Crippen molar-refractivity contribution in [1.82, 2.24) is 9.78 Å². The number of aliphatic carboxylic acids is 1. The molecule has 78 valence electrons. The van der Waals surface area contributed by atoms with Gasteiger partial charge < -0.3 is 15.6 Å². The molecule has 0 amide bonds. The first kappa shape index (κ1) is 11.0. The standard InChI is InChI=1S/C7H10BrN3O3/c1-11-5(8)3(4(9)7(12)13)6(10-11)14-2/h4H,9H2,1-2H3,(H,12,13). The van der Waals surface area contributed by atoms with Crippen LogP contribution in [0, 0.1) is 0 Å². The molecule has 0 aliphatic rings. The Balaban J connectivity index is 3.23. The Morgan fingerprint density at radius 2 is 2.36 bits per heavy atom. The molecule has 0 bridgehead atoms. The molecule has 0 saturated heterocycles. The van der Waals surface area contributed by atoms with Gasteiger partial charge in [-0.3, -0.25) is 9.48 Å². The fourth-order valence-electron chi connectivity index (χ4n) is 1.03. The lowest BCUT2D eigenvalue weighted by Crippen LogP contribution is -2.21. The quantitative estimate of drug-likeness (QED) is 0.818. The highest BCUT2D eigenvalue weighted by Crippen LogP contribution is 2.30. The number of carboxylic acid groups (broad SMARTS) is 1. The third-order valence-corrected chi connectivity index (χ3v) is 2.69. The molecule has 1 rings (SSSR count). The number of hydrogen-bond donors (Lipinski definition) is 2. The maximum absolute atomic E-state index is 10.7. The van der Waals surface area contributed by atoms with Crippen LogP contribution in [0.3, 0.4) is 0 Å². The summed E-state index contributed by atoms with van der Waals surface area (Å²) in [7, 11) is 3.07. The Morgan fingerprint density at radius 3 is 2.79 bits per heavy atom.